The molecule has 4 aromatic rings. The molecule has 4 heterocycles. The van der Waals surface area contributed by atoms with Crippen LogP contribution in [0.1, 0.15) is 12.6 Å². The Morgan fingerprint density at radius 3 is 2.42 bits per heavy atom. The zero-order valence-corrected chi connectivity index (χ0v) is 19.5. The lowest BCUT2D eigenvalue weighted by Gasteiger charge is -2.17. The van der Waals surface area contributed by atoms with Crippen molar-refractivity contribution in [2.45, 2.75) is 30.6 Å². The number of fused-ring (bicyclic) bond motifs is 1. The highest BCUT2D eigenvalue weighted by Crippen LogP contribution is 2.43. The summed E-state index contributed by atoms with van der Waals surface area (Å²) in [6.07, 6.45) is -4.64. The quantitative estimate of drug-likeness (QED) is 0.324. The number of sulfone groups is 1. The van der Waals surface area contributed by atoms with Gasteiger partial charge in [-0.3, -0.25) is 4.98 Å². The number of hydrogen-bond acceptors (Lipinski definition) is 10. The summed E-state index contributed by atoms with van der Waals surface area (Å²) < 4.78 is 99.2. The molecule has 0 fully saturated rings. The normalized spacial score (nSPS) is 13.0. The summed E-state index contributed by atoms with van der Waals surface area (Å²) in [6.45, 7) is 1.36. The number of imidazole rings is 1. The van der Waals surface area contributed by atoms with Crippen molar-refractivity contribution >= 4 is 21.0 Å². The lowest BCUT2D eigenvalue weighted by molar-refractivity contribution is -0.291. The largest absolute Gasteiger partial charge is 0.459 e. The third kappa shape index (κ3) is 4.15. The van der Waals surface area contributed by atoms with Crippen LogP contribution in [0.25, 0.3) is 34.1 Å². The highest BCUT2D eigenvalue weighted by atomic mass is 32.2. The number of ether oxygens (including phenoxy) is 1. The molecule has 0 spiro atoms. The van der Waals surface area contributed by atoms with Gasteiger partial charge < -0.3 is 9.30 Å². The summed E-state index contributed by atoms with van der Waals surface area (Å²) in [5.41, 5.74) is -2.14. The minimum absolute atomic E-state index is 0.0335. The van der Waals surface area contributed by atoms with Gasteiger partial charge in [0.05, 0.1) is 10.6 Å². The van der Waals surface area contributed by atoms with Gasteiger partial charge >= 0.3 is 12.1 Å². The van der Waals surface area contributed by atoms with Crippen molar-refractivity contribution < 1.29 is 35.1 Å². The van der Waals surface area contributed by atoms with Crippen LogP contribution >= 0.6 is 0 Å². The van der Waals surface area contributed by atoms with Gasteiger partial charge in [0.1, 0.15) is 23.6 Å². The summed E-state index contributed by atoms with van der Waals surface area (Å²) >= 11 is 0. The van der Waals surface area contributed by atoms with Crippen molar-refractivity contribution in [1.29, 1.82) is 0 Å². The molecule has 0 aromatic carbocycles. The lowest BCUT2D eigenvalue weighted by atomic mass is 10.2. The standard InChI is InChI=1S/C18H16F5N9O3S/c1-4-36(33,34)11-5-9(14-28-29-30-32(14)8-35-3)7-24-13(11)16-25-10-6-12(17(19,20)18(21,22)23)26-27-15(10)31(16)2/h5-7H,4,8H2,1-3H3. The number of aromatic nitrogens is 9. The topological polar surface area (TPSA) is 143 Å². The van der Waals surface area contributed by atoms with Gasteiger partial charge in [0.15, 0.2) is 27.1 Å². The van der Waals surface area contributed by atoms with Gasteiger partial charge in [0, 0.05) is 25.9 Å². The third-order valence-corrected chi connectivity index (χ3v) is 6.86. The number of nitrogens with zero attached hydrogens (tertiary/aromatic N) is 9. The maximum atomic E-state index is 13.8. The first-order chi connectivity index (χ1) is 16.8. The highest BCUT2D eigenvalue weighted by Gasteiger charge is 2.60. The molecule has 0 unspecified atom stereocenters. The van der Waals surface area contributed by atoms with Gasteiger partial charge in [-0.25, -0.2) is 13.4 Å². The Kier molecular flexibility index (Phi) is 6.19. The van der Waals surface area contributed by atoms with E-state index in [4.69, 9.17) is 4.74 Å². The summed E-state index contributed by atoms with van der Waals surface area (Å²) in [5.74, 6) is -5.60. The van der Waals surface area contributed by atoms with Crippen LogP contribution in [0.15, 0.2) is 23.2 Å². The van der Waals surface area contributed by atoms with E-state index in [1.54, 1.807) is 0 Å². The van der Waals surface area contributed by atoms with E-state index >= 15 is 0 Å². The molecule has 36 heavy (non-hydrogen) atoms. The number of alkyl halides is 5. The molecular weight excluding hydrogens is 517 g/mol. The van der Waals surface area contributed by atoms with Crippen LogP contribution in [-0.2, 0) is 34.3 Å². The second-order valence-electron chi connectivity index (χ2n) is 7.40. The van der Waals surface area contributed by atoms with Crippen LogP contribution in [0.5, 0.6) is 0 Å². The highest BCUT2D eigenvalue weighted by molar-refractivity contribution is 7.91. The molecule has 0 saturated heterocycles. The van der Waals surface area contributed by atoms with Gasteiger partial charge in [0.2, 0.25) is 0 Å². The Hall–Kier alpha value is -3.67. The van der Waals surface area contributed by atoms with Gasteiger partial charge in [0.25, 0.3) is 0 Å². The zero-order chi connectivity index (χ0) is 26.5. The van der Waals surface area contributed by atoms with E-state index in [0.717, 1.165) is 0 Å². The first-order valence-electron chi connectivity index (χ1n) is 9.95. The van der Waals surface area contributed by atoms with Crippen LogP contribution < -0.4 is 0 Å². The molecule has 0 aliphatic rings. The number of halogens is 5. The minimum atomic E-state index is -5.90. The van der Waals surface area contributed by atoms with E-state index in [1.807, 2.05) is 0 Å². The average Bonchev–Trinajstić information content (AvgIpc) is 3.42. The molecule has 0 aliphatic carbocycles. The molecule has 0 bridgehead atoms. The molecule has 0 radical (unpaired) electrons. The van der Waals surface area contributed by atoms with E-state index in [-0.39, 0.29) is 51.4 Å². The summed E-state index contributed by atoms with van der Waals surface area (Å²) in [4.78, 5) is 7.96. The van der Waals surface area contributed by atoms with Crippen molar-refractivity contribution in [2.24, 2.45) is 7.05 Å². The molecule has 18 heteroatoms. The smallest absolute Gasteiger partial charge is 0.362 e. The van der Waals surface area contributed by atoms with E-state index in [2.05, 4.69) is 35.7 Å². The average molecular weight is 533 g/mol. The fourth-order valence-electron chi connectivity index (χ4n) is 3.24. The first-order valence-corrected chi connectivity index (χ1v) is 11.6. The zero-order valence-electron chi connectivity index (χ0n) is 18.7. The van der Waals surface area contributed by atoms with Crippen LogP contribution in [-0.4, -0.2) is 72.4 Å². The molecule has 0 atom stereocenters. The van der Waals surface area contributed by atoms with Gasteiger partial charge in [-0.05, 0) is 22.6 Å². The monoisotopic (exact) mass is 533 g/mol. The van der Waals surface area contributed by atoms with E-state index in [9.17, 15) is 30.4 Å². The van der Waals surface area contributed by atoms with E-state index < -0.39 is 27.6 Å². The minimum Gasteiger partial charge on any atom is -0.362 e. The maximum Gasteiger partial charge on any atom is 0.459 e. The Balaban J connectivity index is 1.91. The molecule has 0 amide bonds. The van der Waals surface area contributed by atoms with Crippen molar-refractivity contribution in [3.8, 4) is 22.9 Å². The van der Waals surface area contributed by atoms with Crippen molar-refractivity contribution in [2.75, 3.05) is 12.9 Å². The number of aryl methyl sites for hydroxylation is 1. The number of methoxy groups -OCH3 is 1. The van der Waals surface area contributed by atoms with Crippen LogP contribution in [0.2, 0.25) is 0 Å². The summed E-state index contributed by atoms with van der Waals surface area (Å²) in [5, 5.41) is 17.6. The number of tetrazole rings is 1. The van der Waals surface area contributed by atoms with E-state index in [0.29, 0.717) is 6.07 Å². The van der Waals surface area contributed by atoms with Crippen molar-refractivity contribution in [1.82, 2.24) is 44.9 Å². The fourth-order valence-corrected chi connectivity index (χ4v) is 4.30. The maximum absolute atomic E-state index is 13.8. The Bertz CT molecular complexity index is 1550. The van der Waals surface area contributed by atoms with Gasteiger partial charge in [-0.15, -0.1) is 15.3 Å². The Labute approximate surface area is 199 Å². The second kappa shape index (κ2) is 8.77. The molecular formula is C18H16F5N9O3S. The Morgan fingerprint density at radius 1 is 1.06 bits per heavy atom. The predicted octanol–water partition coefficient (Wildman–Crippen LogP) is 2.13. The number of hydrogen-bond donors (Lipinski definition) is 0. The summed E-state index contributed by atoms with van der Waals surface area (Å²) in [7, 11) is -1.18. The second-order valence-corrected chi connectivity index (χ2v) is 9.65. The Morgan fingerprint density at radius 2 is 1.78 bits per heavy atom. The number of rotatable bonds is 7. The van der Waals surface area contributed by atoms with Gasteiger partial charge in [-0.2, -0.15) is 26.6 Å². The summed E-state index contributed by atoms with van der Waals surface area (Å²) in [6, 6.07) is 1.70. The van der Waals surface area contributed by atoms with E-state index in [1.165, 1.54) is 42.6 Å². The van der Waals surface area contributed by atoms with Crippen LogP contribution in [0.4, 0.5) is 22.0 Å². The molecule has 12 nitrogen and oxygen atoms in total. The SMILES string of the molecule is CCS(=O)(=O)c1cc(-c2nnnn2COC)cnc1-c1nc2cc(C(F)(F)C(F)(F)F)nnc2n1C. The molecule has 0 N–H and O–H groups in total. The van der Waals surface area contributed by atoms with Gasteiger partial charge in [-0.1, -0.05) is 6.92 Å². The van der Waals surface area contributed by atoms with Crippen molar-refractivity contribution in [3.05, 3.63) is 24.0 Å². The lowest BCUT2D eigenvalue weighted by Crippen LogP contribution is -2.34. The van der Waals surface area contributed by atoms with Crippen molar-refractivity contribution in [3.63, 3.8) is 0 Å². The molecule has 4 rings (SSSR count). The molecule has 0 saturated carbocycles. The molecule has 192 valence electrons. The fraction of sp³-hybridized carbons (Fsp3) is 0.389. The van der Waals surface area contributed by atoms with Crippen LogP contribution in [0.3, 0.4) is 0 Å². The molecule has 0 aliphatic heterocycles. The number of pyridine rings is 1. The van der Waals surface area contributed by atoms with Crippen LogP contribution in [0, 0.1) is 0 Å². The molecule has 4 aromatic heterocycles. The first kappa shape index (κ1) is 25.4. The third-order valence-electron chi connectivity index (χ3n) is 5.12. The predicted molar refractivity (Wildman–Crippen MR) is 111 cm³/mol.